The van der Waals surface area contributed by atoms with Crippen LogP contribution in [0.1, 0.15) is 35.8 Å². The van der Waals surface area contributed by atoms with Gasteiger partial charge in [-0.3, -0.25) is 9.69 Å². The van der Waals surface area contributed by atoms with E-state index in [1.807, 2.05) is 0 Å². The first-order valence-corrected chi connectivity index (χ1v) is 7.75. The summed E-state index contributed by atoms with van der Waals surface area (Å²) < 4.78 is 26.3. The average molecular weight is 319 g/mol. The van der Waals surface area contributed by atoms with Gasteiger partial charge in [-0.25, -0.2) is 13.8 Å². The first-order chi connectivity index (χ1) is 11.0. The molecule has 0 spiro atoms. The van der Waals surface area contributed by atoms with E-state index >= 15 is 0 Å². The number of H-pyrrole nitrogens is 1. The summed E-state index contributed by atoms with van der Waals surface area (Å²) in [5.41, 5.74) is 1.32. The molecule has 1 N–H and O–H groups in total. The highest BCUT2D eigenvalue weighted by Gasteiger charge is 2.23. The van der Waals surface area contributed by atoms with Crippen molar-refractivity contribution < 1.29 is 8.78 Å². The van der Waals surface area contributed by atoms with E-state index in [9.17, 15) is 13.6 Å². The van der Waals surface area contributed by atoms with Crippen LogP contribution in [0.15, 0.2) is 29.1 Å². The molecule has 0 amide bonds. The Morgan fingerprint density at radius 2 is 2.13 bits per heavy atom. The van der Waals surface area contributed by atoms with Crippen LogP contribution in [0.4, 0.5) is 8.78 Å². The molecule has 2 heterocycles. The minimum atomic E-state index is -0.827. The second kappa shape index (κ2) is 6.58. The molecule has 0 bridgehead atoms. The fourth-order valence-electron chi connectivity index (χ4n) is 3.11. The topological polar surface area (TPSA) is 49.0 Å². The number of halogens is 2. The summed E-state index contributed by atoms with van der Waals surface area (Å²) in [5, 5.41) is 0. The minimum absolute atomic E-state index is 0.134. The van der Waals surface area contributed by atoms with E-state index in [1.54, 1.807) is 13.0 Å². The minimum Gasteiger partial charge on any atom is -0.310 e. The number of hydrogen-bond donors (Lipinski definition) is 1. The summed E-state index contributed by atoms with van der Waals surface area (Å²) in [6, 6.07) is 5.48. The van der Waals surface area contributed by atoms with E-state index in [0.717, 1.165) is 37.6 Å². The van der Waals surface area contributed by atoms with Crippen LogP contribution in [0.2, 0.25) is 0 Å². The molecule has 0 unspecified atom stereocenters. The van der Waals surface area contributed by atoms with Gasteiger partial charge >= 0.3 is 0 Å². The molecule has 4 nitrogen and oxygen atoms in total. The molecule has 23 heavy (non-hydrogen) atoms. The maximum Gasteiger partial charge on any atom is 0.251 e. The molecule has 1 atom stereocenters. The molecule has 3 rings (SSSR count). The lowest BCUT2D eigenvalue weighted by Gasteiger charge is -2.32. The third-order valence-electron chi connectivity index (χ3n) is 4.17. The lowest BCUT2D eigenvalue weighted by atomic mass is 9.96. The Hall–Kier alpha value is -2.08. The van der Waals surface area contributed by atoms with Gasteiger partial charge in [-0.05, 0) is 44.0 Å². The Balaban J connectivity index is 1.72. The zero-order valence-corrected chi connectivity index (χ0v) is 13.0. The number of nitrogens with one attached hydrogen (secondary N) is 1. The quantitative estimate of drug-likeness (QED) is 0.946. The zero-order chi connectivity index (χ0) is 16.4. The molecular weight excluding hydrogens is 300 g/mol. The van der Waals surface area contributed by atoms with E-state index in [-0.39, 0.29) is 11.5 Å². The molecular formula is C17H19F2N3O. The van der Waals surface area contributed by atoms with Crippen LogP contribution in [0.25, 0.3) is 0 Å². The van der Waals surface area contributed by atoms with Crippen molar-refractivity contribution in [3.05, 3.63) is 63.3 Å². The predicted molar refractivity (Wildman–Crippen MR) is 83.2 cm³/mol. The van der Waals surface area contributed by atoms with Gasteiger partial charge in [0.25, 0.3) is 5.56 Å². The van der Waals surface area contributed by atoms with Gasteiger partial charge in [-0.15, -0.1) is 0 Å². The van der Waals surface area contributed by atoms with Crippen LogP contribution in [0, 0.1) is 18.6 Å². The number of hydrogen-bond acceptors (Lipinski definition) is 3. The monoisotopic (exact) mass is 319 g/mol. The second-order valence-corrected chi connectivity index (χ2v) is 6.09. The fourth-order valence-corrected chi connectivity index (χ4v) is 3.11. The van der Waals surface area contributed by atoms with Crippen molar-refractivity contribution in [3.63, 3.8) is 0 Å². The maximum absolute atomic E-state index is 13.3. The molecule has 1 fully saturated rings. The molecule has 1 aliphatic heterocycles. The number of aryl methyl sites for hydroxylation is 1. The molecule has 0 saturated carbocycles. The molecule has 122 valence electrons. The summed E-state index contributed by atoms with van der Waals surface area (Å²) in [6.07, 6.45) is 1.94. The van der Waals surface area contributed by atoms with E-state index in [1.165, 1.54) is 12.1 Å². The average Bonchev–Trinajstić information content (AvgIpc) is 2.50. The summed E-state index contributed by atoms with van der Waals surface area (Å²) in [5.74, 6) is -0.779. The summed E-state index contributed by atoms with van der Waals surface area (Å²) in [6.45, 7) is 4.00. The van der Waals surface area contributed by atoms with Crippen LogP contribution < -0.4 is 5.56 Å². The van der Waals surface area contributed by atoms with E-state index in [2.05, 4.69) is 14.9 Å². The Bertz CT molecular complexity index is 760. The van der Waals surface area contributed by atoms with Gasteiger partial charge in [0.2, 0.25) is 0 Å². The molecule has 1 saturated heterocycles. The standard InChI is InChI=1S/C17H19F2N3O/c1-11-7-16(23)21-17(20-11)13-3-2-6-22(10-13)9-12-4-5-14(18)15(19)8-12/h4-5,7-8,13H,2-3,6,9-10H2,1H3,(H,20,21,23)/t13-/m0/s1. The van der Waals surface area contributed by atoms with Crippen molar-refractivity contribution in [2.45, 2.75) is 32.2 Å². The SMILES string of the molecule is Cc1cc(=O)[nH]c([C@H]2CCCN(Cc3ccc(F)c(F)c3)C2)n1. The number of nitrogens with zero attached hydrogens (tertiary/aromatic N) is 2. The van der Waals surface area contributed by atoms with Crippen molar-refractivity contribution in [2.24, 2.45) is 0 Å². The molecule has 1 aromatic heterocycles. The number of benzene rings is 1. The highest BCUT2D eigenvalue weighted by Crippen LogP contribution is 2.25. The van der Waals surface area contributed by atoms with E-state index in [0.29, 0.717) is 18.1 Å². The number of aromatic nitrogens is 2. The summed E-state index contributed by atoms with van der Waals surface area (Å²) >= 11 is 0. The van der Waals surface area contributed by atoms with Gasteiger partial charge in [0, 0.05) is 30.8 Å². The zero-order valence-electron chi connectivity index (χ0n) is 13.0. The molecule has 0 radical (unpaired) electrons. The first-order valence-electron chi connectivity index (χ1n) is 7.75. The molecule has 6 heteroatoms. The van der Waals surface area contributed by atoms with E-state index in [4.69, 9.17) is 0 Å². The van der Waals surface area contributed by atoms with Gasteiger partial charge in [0.15, 0.2) is 11.6 Å². The highest BCUT2D eigenvalue weighted by molar-refractivity contribution is 5.18. The number of aromatic amines is 1. The maximum atomic E-state index is 13.3. The van der Waals surface area contributed by atoms with Gasteiger partial charge < -0.3 is 4.98 Å². The third-order valence-corrected chi connectivity index (χ3v) is 4.17. The van der Waals surface area contributed by atoms with Crippen LogP contribution in [0.5, 0.6) is 0 Å². The Morgan fingerprint density at radius 3 is 2.87 bits per heavy atom. The molecule has 2 aromatic rings. The van der Waals surface area contributed by atoms with Crippen molar-refractivity contribution in [3.8, 4) is 0 Å². The first kappa shape index (κ1) is 15.8. The van der Waals surface area contributed by atoms with Gasteiger partial charge in [0.05, 0.1) is 0 Å². The van der Waals surface area contributed by atoms with Crippen LogP contribution in [-0.2, 0) is 6.54 Å². The van der Waals surface area contributed by atoms with Gasteiger partial charge in [-0.2, -0.15) is 0 Å². The summed E-state index contributed by atoms with van der Waals surface area (Å²) in [4.78, 5) is 21.0. The van der Waals surface area contributed by atoms with Gasteiger partial charge in [0.1, 0.15) is 5.82 Å². The molecule has 1 aliphatic rings. The van der Waals surface area contributed by atoms with Crippen LogP contribution in [0.3, 0.4) is 0 Å². The third kappa shape index (κ3) is 3.82. The number of likely N-dealkylation sites (tertiary alicyclic amines) is 1. The molecule has 1 aromatic carbocycles. The second-order valence-electron chi connectivity index (χ2n) is 6.09. The van der Waals surface area contributed by atoms with Crippen molar-refractivity contribution in [2.75, 3.05) is 13.1 Å². The van der Waals surface area contributed by atoms with E-state index < -0.39 is 11.6 Å². The van der Waals surface area contributed by atoms with Crippen LogP contribution >= 0.6 is 0 Å². The fraction of sp³-hybridized carbons (Fsp3) is 0.412. The predicted octanol–water partition coefficient (Wildman–Crippen LogP) is 2.74. The number of piperidine rings is 1. The van der Waals surface area contributed by atoms with Gasteiger partial charge in [-0.1, -0.05) is 6.07 Å². The lowest BCUT2D eigenvalue weighted by Crippen LogP contribution is -2.35. The smallest absolute Gasteiger partial charge is 0.251 e. The highest BCUT2D eigenvalue weighted by atomic mass is 19.2. The molecule has 0 aliphatic carbocycles. The normalized spacial score (nSPS) is 19.0. The van der Waals surface area contributed by atoms with Crippen LogP contribution in [-0.4, -0.2) is 28.0 Å². The summed E-state index contributed by atoms with van der Waals surface area (Å²) in [7, 11) is 0. The van der Waals surface area contributed by atoms with Crippen molar-refractivity contribution in [1.82, 2.24) is 14.9 Å². The lowest BCUT2D eigenvalue weighted by molar-refractivity contribution is 0.196. The van der Waals surface area contributed by atoms with Crippen molar-refractivity contribution in [1.29, 1.82) is 0 Å². The largest absolute Gasteiger partial charge is 0.310 e. The Morgan fingerprint density at radius 1 is 1.30 bits per heavy atom. The van der Waals surface area contributed by atoms with Crippen molar-refractivity contribution >= 4 is 0 Å². The number of rotatable bonds is 3. The Labute approximate surface area is 133 Å². The Kier molecular flexibility index (Phi) is 4.52.